The number of nitrogens with one attached hydrogen (secondary N) is 3. The monoisotopic (exact) mass is 432 g/mol. The molecule has 4 atom stereocenters. The van der Waals surface area contributed by atoms with Gasteiger partial charge in [0.2, 0.25) is 11.8 Å². The Bertz CT molecular complexity index is 956. The Labute approximate surface area is 179 Å². The van der Waals surface area contributed by atoms with Gasteiger partial charge in [-0.15, -0.1) is 0 Å². The van der Waals surface area contributed by atoms with Crippen molar-refractivity contribution in [3.63, 3.8) is 0 Å². The molecule has 2 amide bonds. The number of nitrogens with two attached hydrogens (primary N) is 1. The fourth-order valence-corrected chi connectivity index (χ4v) is 3.23. The zero-order chi connectivity index (χ0) is 23.1. The lowest BCUT2D eigenvalue weighted by molar-refractivity contribution is -0.143. The van der Waals surface area contributed by atoms with Crippen LogP contribution in [0.1, 0.15) is 32.3 Å². The molecule has 0 spiro atoms. The van der Waals surface area contributed by atoms with E-state index >= 15 is 0 Å². The maximum atomic E-state index is 12.9. The highest BCUT2D eigenvalue weighted by Crippen LogP contribution is 2.19. The Morgan fingerprint density at radius 2 is 1.77 bits per heavy atom. The second-order valence-corrected chi connectivity index (χ2v) is 7.54. The third kappa shape index (κ3) is 6.29. The van der Waals surface area contributed by atoms with E-state index in [2.05, 4.69) is 15.6 Å². The summed E-state index contributed by atoms with van der Waals surface area (Å²) in [5.74, 6) is -4.24. The molecule has 0 bridgehead atoms. The molecule has 10 heteroatoms. The number of aromatic nitrogens is 1. The molecule has 0 aliphatic carbocycles. The summed E-state index contributed by atoms with van der Waals surface area (Å²) in [6, 6.07) is 3.82. The average Bonchev–Trinajstić information content (AvgIpc) is 3.13. The van der Waals surface area contributed by atoms with Gasteiger partial charge in [0.05, 0.1) is 12.5 Å². The van der Waals surface area contributed by atoms with E-state index in [4.69, 9.17) is 10.8 Å². The molecule has 2 rings (SSSR count). The Hall–Kier alpha value is -3.40. The number of rotatable bonds is 11. The number of hydrogen-bond donors (Lipinski definition) is 6. The number of aliphatic carboxylic acids is 2. The Morgan fingerprint density at radius 1 is 1.10 bits per heavy atom. The summed E-state index contributed by atoms with van der Waals surface area (Å²) in [5.41, 5.74) is 7.16. The summed E-state index contributed by atoms with van der Waals surface area (Å²) in [6.07, 6.45) is 1.68. The van der Waals surface area contributed by atoms with Crippen LogP contribution in [-0.4, -0.2) is 57.1 Å². The number of fused-ring (bicyclic) bond motifs is 1. The Kier molecular flexibility index (Phi) is 8.14. The molecule has 31 heavy (non-hydrogen) atoms. The highest BCUT2D eigenvalue weighted by molar-refractivity contribution is 5.93. The molecule has 1 aromatic heterocycles. The van der Waals surface area contributed by atoms with Gasteiger partial charge in [-0.1, -0.05) is 38.5 Å². The van der Waals surface area contributed by atoms with Crippen LogP contribution in [0.2, 0.25) is 0 Å². The van der Waals surface area contributed by atoms with Crippen LogP contribution in [0.5, 0.6) is 0 Å². The van der Waals surface area contributed by atoms with E-state index in [0.29, 0.717) is 6.42 Å². The van der Waals surface area contributed by atoms with E-state index in [-0.39, 0.29) is 12.3 Å². The second kappa shape index (κ2) is 10.6. The summed E-state index contributed by atoms with van der Waals surface area (Å²) in [6.45, 7) is 3.54. The van der Waals surface area contributed by atoms with Crippen LogP contribution in [0.15, 0.2) is 30.5 Å². The number of carboxylic acids is 2. The fraction of sp³-hybridized carbons (Fsp3) is 0.429. The summed E-state index contributed by atoms with van der Waals surface area (Å²) in [5, 5.41) is 24.3. The lowest BCUT2D eigenvalue weighted by atomic mass is 9.96. The molecule has 0 aliphatic rings. The standard InChI is InChI=1S/C21H28N4O6/c1-3-11(2)18(25-19(28)14(22)9-17(26)27)20(29)24-16(21(30)31)8-12-10-23-15-7-5-4-6-13(12)15/h4-7,10-11,14,16,18,23H,3,8-9,22H2,1-2H3,(H,24,29)(H,25,28)(H,26,27)(H,30,31). The Morgan fingerprint density at radius 3 is 2.39 bits per heavy atom. The van der Waals surface area contributed by atoms with Crippen molar-refractivity contribution in [2.45, 2.75) is 51.2 Å². The van der Waals surface area contributed by atoms with Gasteiger partial charge in [-0.2, -0.15) is 0 Å². The molecule has 2 aromatic rings. The van der Waals surface area contributed by atoms with Crippen molar-refractivity contribution in [3.05, 3.63) is 36.0 Å². The molecule has 168 valence electrons. The van der Waals surface area contributed by atoms with Gasteiger partial charge in [-0.05, 0) is 17.5 Å². The summed E-state index contributed by atoms with van der Waals surface area (Å²) in [7, 11) is 0. The SMILES string of the molecule is CCC(C)C(NC(=O)C(N)CC(=O)O)C(=O)NC(Cc1c[nH]c2ccccc12)C(=O)O. The lowest BCUT2D eigenvalue weighted by Gasteiger charge is -2.26. The average molecular weight is 432 g/mol. The second-order valence-electron chi connectivity index (χ2n) is 7.54. The number of para-hydroxylation sites is 1. The molecule has 0 aliphatic heterocycles. The topological polar surface area (TPSA) is 175 Å². The first-order valence-corrected chi connectivity index (χ1v) is 9.99. The van der Waals surface area contributed by atoms with E-state index in [1.54, 1.807) is 13.1 Å². The van der Waals surface area contributed by atoms with Crippen LogP contribution < -0.4 is 16.4 Å². The zero-order valence-electron chi connectivity index (χ0n) is 17.4. The van der Waals surface area contributed by atoms with Crippen LogP contribution >= 0.6 is 0 Å². The quantitative estimate of drug-likeness (QED) is 0.301. The van der Waals surface area contributed by atoms with Gasteiger partial charge in [0, 0.05) is 23.5 Å². The fourth-order valence-electron chi connectivity index (χ4n) is 3.23. The molecular weight excluding hydrogens is 404 g/mol. The van der Waals surface area contributed by atoms with Gasteiger partial charge in [-0.3, -0.25) is 14.4 Å². The first-order valence-electron chi connectivity index (χ1n) is 9.99. The molecule has 0 saturated heterocycles. The lowest BCUT2D eigenvalue weighted by Crippen LogP contribution is -2.57. The van der Waals surface area contributed by atoms with Gasteiger partial charge >= 0.3 is 11.9 Å². The predicted molar refractivity (Wildman–Crippen MR) is 113 cm³/mol. The molecule has 1 heterocycles. The van der Waals surface area contributed by atoms with E-state index in [9.17, 15) is 24.3 Å². The molecule has 1 aromatic carbocycles. The highest BCUT2D eigenvalue weighted by atomic mass is 16.4. The summed E-state index contributed by atoms with van der Waals surface area (Å²) in [4.78, 5) is 50.8. The van der Waals surface area contributed by atoms with Gasteiger partial charge in [0.1, 0.15) is 12.1 Å². The van der Waals surface area contributed by atoms with Crippen LogP contribution in [0.3, 0.4) is 0 Å². The first-order chi connectivity index (χ1) is 14.6. The smallest absolute Gasteiger partial charge is 0.326 e. The van der Waals surface area contributed by atoms with Crippen molar-refractivity contribution in [2.24, 2.45) is 11.7 Å². The van der Waals surface area contributed by atoms with Crippen molar-refractivity contribution in [2.75, 3.05) is 0 Å². The third-order valence-electron chi connectivity index (χ3n) is 5.24. The van der Waals surface area contributed by atoms with Gasteiger partial charge in [-0.25, -0.2) is 4.79 Å². The Balaban J connectivity index is 2.15. The van der Waals surface area contributed by atoms with Gasteiger partial charge in [0.15, 0.2) is 0 Å². The van der Waals surface area contributed by atoms with Crippen molar-refractivity contribution >= 4 is 34.7 Å². The van der Waals surface area contributed by atoms with Crippen LogP contribution in [0, 0.1) is 5.92 Å². The van der Waals surface area contributed by atoms with Crippen LogP contribution in [-0.2, 0) is 25.6 Å². The van der Waals surface area contributed by atoms with Crippen molar-refractivity contribution in [1.82, 2.24) is 15.6 Å². The number of carboxylic acid groups (broad SMARTS) is 2. The minimum atomic E-state index is -1.32. The zero-order valence-corrected chi connectivity index (χ0v) is 17.4. The minimum absolute atomic E-state index is 0.0464. The highest BCUT2D eigenvalue weighted by Gasteiger charge is 2.31. The number of H-pyrrole nitrogens is 1. The van der Waals surface area contributed by atoms with Crippen molar-refractivity contribution in [3.8, 4) is 0 Å². The molecular formula is C21H28N4O6. The number of hydrogen-bond acceptors (Lipinski definition) is 5. The van der Waals surface area contributed by atoms with E-state index in [1.165, 1.54) is 0 Å². The number of carbonyl (C=O) groups is 4. The molecule has 0 fully saturated rings. The number of aromatic amines is 1. The van der Waals surface area contributed by atoms with E-state index in [0.717, 1.165) is 16.5 Å². The molecule has 0 saturated carbocycles. The maximum Gasteiger partial charge on any atom is 0.326 e. The maximum absolute atomic E-state index is 12.9. The number of amides is 2. The first kappa shape index (κ1) is 23.9. The van der Waals surface area contributed by atoms with E-state index in [1.807, 2.05) is 31.2 Å². The number of carbonyl (C=O) groups excluding carboxylic acids is 2. The van der Waals surface area contributed by atoms with E-state index < -0.39 is 48.3 Å². The molecule has 10 nitrogen and oxygen atoms in total. The number of benzene rings is 1. The van der Waals surface area contributed by atoms with Crippen molar-refractivity contribution in [1.29, 1.82) is 0 Å². The summed E-state index contributed by atoms with van der Waals surface area (Å²) >= 11 is 0. The summed E-state index contributed by atoms with van der Waals surface area (Å²) < 4.78 is 0. The predicted octanol–water partition coefficient (Wildman–Crippen LogP) is 0.613. The third-order valence-corrected chi connectivity index (χ3v) is 5.24. The molecule has 7 N–H and O–H groups in total. The van der Waals surface area contributed by atoms with Crippen molar-refractivity contribution < 1.29 is 29.4 Å². The van der Waals surface area contributed by atoms with Crippen LogP contribution in [0.25, 0.3) is 10.9 Å². The van der Waals surface area contributed by atoms with Gasteiger partial charge in [0.25, 0.3) is 0 Å². The van der Waals surface area contributed by atoms with Gasteiger partial charge < -0.3 is 31.6 Å². The largest absolute Gasteiger partial charge is 0.481 e. The van der Waals surface area contributed by atoms with Crippen LogP contribution in [0.4, 0.5) is 0 Å². The molecule has 4 unspecified atom stereocenters. The molecule has 0 radical (unpaired) electrons. The minimum Gasteiger partial charge on any atom is -0.481 e. The normalized spacial score (nSPS) is 14.9.